The third-order valence-corrected chi connectivity index (χ3v) is 2.26. The molecular weight excluding hydrogens is 184 g/mol. The highest BCUT2D eigenvalue weighted by Gasteiger charge is 1.97. The lowest BCUT2D eigenvalue weighted by Crippen LogP contribution is -1.99. The van der Waals surface area contributed by atoms with E-state index in [9.17, 15) is 0 Å². The summed E-state index contributed by atoms with van der Waals surface area (Å²) in [6.07, 6.45) is 6.57. The van der Waals surface area contributed by atoms with Gasteiger partial charge in [-0.25, -0.2) is 0 Å². The molecule has 0 aliphatic heterocycles. The lowest BCUT2D eigenvalue weighted by atomic mass is 10.5. The predicted octanol–water partition coefficient (Wildman–Crippen LogP) is 1.97. The van der Waals surface area contributed by atoms with Gasteiger partial charge in [-0.15, -0.1) is 11.8 Å². The normalized spacial score (nSPS) is 11.7. The molecule has 0 saturated carbocycles. The van der Waals surface area contributed by atoms with Crippen molar-refractivity contribution in [3.05, 3.63) is 0 Å². The van der Waals surface area contributed by atoms with Gasteiger partial charge in [0.15, 0.2) is 0 Å². The molecule has 0 radical (unpaired) electrons. The molecule has 64 valence electrons. The van der Waals surface area contributed by atoms with E-state index in [4.69, 9.17) is 5.11 Å². The number of hydrogen-bond acceptors (Lipinski definition) is 4. The molecule has 1 N–H and O–H groups in total. The molecule has 0 aromatic heterocycles. The van der Waals surface area contributed by atoms with Crippen LogP contribution in [0.5, 0.6) is 0 Å². The maximum atomic E-state index is 8.94. The Balaban J connectivity index is 0. The van der Waals surface area contributed by atoms with Gasteiger partial charge in [0.05, 0.1) is 5.44 Å². The van der Waals surface area contributed by atoms with E-state index in [2.05, 4.69) is 12.6 Å². The second kappa shape index (κ2) is 12.7. The number of thioether (sulfide) groups is 2. The van der Waals surface area contributed by atoms with Crippen LogP contribution in [0.15, 0.2) is 0 Å². The third kappa shape index (κ3) is 11.8. The zero-order chi connectivity index (χ0) is 8.41. The van der Waals surface area contributed by atoms with Crippen molar-refractivity contribution < 1.29 is 5.11 Å². The van der Waals surface area contributed by atoms with Crippen molar-refractivity contribution in [3.63, 3.8) is 0 Å². The minimum atomic E-state index is -0.151. The highest BCUT2D eigenvalue weighted by molar-refractivity contribution is 7.99. The molecule has 0 amide bonds. The average molecular weight is 200 g/mol. The summed E-state index contributed by atoms with van der Waals surface area (Å²) in [4.78, 5) is 0. The summed E-state index contributed by atoms with van der Waals surface area (Å²) in [6, 6.07) is 0. The van der Waals surface area contributed by atoms with Crippen LogP contribution in [0.25, 0.3) is 0 Å². The molecule has 0 aliphatic carbocycles. The Bertz CT molecular complexity index is 52.3. The van der Waals surface area contributed by atoms with Gasteiger partial charge < -0.3 is 5.11 Å². The first-order valence-electron chi connectivity index (χ1n) is 2.95. The molecule has 0 bridgehead atoms. The third-order valence-electron chi connectivity index (χ3n) is 0.841. The highest BCUT2D eigenvalue weighted by atomic mass is 32.2. The van der Waals surface area contributed by atoms with Crippen LogP contribution in [0.4, 0.5) is 0 Å². The molecule has 0 aliphatic rings. The SMILES string of the molecule is CS.CSCCC(O)SC. The molecule has 10 heavy (non-hydrogen) atoms. The van der Waals surface area contributed by atoms with Crippen LogP contribution in [0.2, 0.25) is 0 Å². The van der Waals surface area contributed by atoms with Crippen LogP contribution >= 0.6 is 36.2 Å². The zero-order valence-corrected chi connectivity index (χ0v) is 9.23. The van der Waals surface area contributed by atoms with Crippen molar-refractivity contribution in [2.45, 2.75) is 11.9 Å². The predicted molar refractivity (Wildman–Crippen MR) is 57.4 cm³/mol. The monoisotopic (exact) mass is 200 g/mol. The van der Waals surface area contributed by atoms with Crippen molar-refractivity contribution in [1.82, 2.24) is 0 Å². The molecule has 0 aromatic rings. The smallest absolute Gasteiger partial charge is 0.0997 e. The molecule has 0 fully saturated rings. The van der Waals surface area contributed by atoms with E-state index >= 15 is 0 Å². The summed E-state index contributed by atoms with van der Waals surface area (Å²) in [5.74, 6) is 1.06. The number of hydrogen-bond donors (Lipinski definition) is 2. The van der Waals surface area contributed by atoms with Crippen molar-refractivity contribution >= 4 is 36.2 Å². The average Bonchev–Trinajstić information content (AvgIpc) is 2.04. The van der Waals surface area contributed by atoms with E-state index in [1.807, 2.05) is 12.5 Å². The van der Waals surface area contributed by atoms with Gasteiger partial charge in [-0.05, 0) is 30.9 Å². The Hall–Kier alpha value is 1.01. The maximum Gasteiger partial charge on any atom is 0.0997 e. The number of aliphatic hydroxyl groups excluding tert-OH is 1. The van der Waals surface area contributed by atoms with Gasteiger partial charge in [0.25, 0.3) is 0 Å². The molecule has 1 unspecified atom stereocenters. The standard InChI is InChI=1S/C5H12OS2.CH4S/c1-7-4-3-5(6)8-2;1-2/h5-6H,3-4H2,1-2H3;2H,1H3. The molecule has 0 heterocycles. The highest BCUT2D eigenvalue weighted by Crippen LogP contribution is 2.09. The second-order valence-corrected chi connectivity index (χ2v) is 3.47. The van der Waals surface area contributed by atoms with Crippen LogP contribution in [0.3, 0.4) is 0 Å². The number of aliphatic hydroxyl groups is 1. The van der Waals surface area contributed by atoms with Crippen LogP contribution in [-0.4, -0.2) is 35.1 Å². The van der Waals surface area contributed by atoms with Crippen LogP contribution in [0, 0.1) is 0 Å². The van der Waals surface area contributed by atoms with E-state index in [0.29, 0.717) is 0 Å². The summed E-state index contributed by atoms with van der Waals surface area (Å²) in [5.41, 5.74) is -0.151. The summed E-state index contributed by atoms with van der Waals surface area (Å²) >= 11 is 6.81. The lowest BCUT2D eigenvalue weighted by Gasteiger charge is -2.03. The summed E-state index contributed by atoms with van der Waals surface area (Å²) in [5, 5.41) is 8.94. The Morgan fingerprint density at radius 2 is 1.90 bits per heavy atom. The van der Waals surface area contributed by atoms with Crippen LogP contribution in [0.1, 0.15) is 6.42 Å². The first-order valence-corrected chi connectivity index (χ1v) is 6.53. The van der Waals surface area contributed by atoms with Gasteiger partial charge in [0.2, 0.25) is 0 Å². The topological polar surface area (TPSA) is 20.2 Å². The Morgan fingerprint density at radius 3 is 2.20 bits per heavy atom. The largest absolute Gasteiger partial charge is 0.382 e. The van der Waals surface area contributed by atoms with Crippen molar-refractivity contribution in [1.29, 1.82) is 0 Å². The maximum absolute atomic E-state index is 8.94. The fourth-order valence-corrected chi connectivity index (χ4v) is 1.30. The van der Waals surface area contributed by atoms with E-state index < -0.39 is 0 Å². The van der Waals surface area contributed by atoms with Gasteiger partial charge in [-0.1, -0.05) is 0 Å². The molecule has 0 spiro atoms. The number of rotatable bonds is 4. The lowest BCUT2D eigenvalue weighted by molar-refractivity contribution is 0.261. The van der Waals surface area contributed by atoms with E-state index in [1.165, 1.54) is 11.8 Å². The second-order valence-electron chi connectivity index (χ2n) is 1.47. The Labute approximate surface area is 77.8 Å². The molecule has 4 heteroatoms. The minimum absolute atomic E-state index is 0.151. The molecule has 1 nitrogen and oxygen atoms in total. The van der Waals surface area contributed by atoms with Gasteiger partial charge in [0.1, 0.15) is 0 Å². The Kier molecular flexibility index (Phi) is 17.2. The van der Waals surface area contributed by atoms with Crippen molar-refractivity contribution in [2.75, 3.05) is 24.5 Å². The summed E-state index contributed by atoms with van der Waals surface area (Å²) in [7, 11) is 0. The van der Waals surface area contributed by atoms with Crippen LogP contribution < -0.4 is 0 Å². The molecule has 1 atom stereocenters. The first kappa shape index (κ1) is 13.6. The van der Waals surface area contributed by atoms with Gasteiger partial charge in [-0.2, -0.15) is 24.4 Å². The molecule has 0 rings (SSSR count). The van der Waals surface area contributed by atoms with Gasteiger partial charge in [0, 0.05) is 0 Å². The van der Waals surface area contributed by atoms with Crippen molar-refractivity contribution in [2.24, 2.45) is 0 Å². The quantitative estimate of drug-likeness (QED) is 0.535. The zero-order valence-electron chi connectivity index (χ0n) is 6.70. The number of thiol groups is 1. The fraction of sp³-hybridized carbons (Fsp3) is 1.00. The van der Waals surface area contributed by atoms with Gasteiger partial charge >= 0.3 is 0 Å². The fourth-order valence-electron chi connectivity index (χ4n) is 0.337. The Morgan fingerprint density at radius 1 is 1.40 bits per heavy atom. The summed E-state index contributed by atoms with van der Waals surface area (Å²) < 4.78 is 0. The molecule has 0 saturated heterocycles. The van der Waals surface area contributed by atoms with Crippen LogP contribution in [-0.2, 0) is 0 Å². The summed E-state index contributed by atoms with van der Waals surface area (Å²) in [6.45, 7) is 0. The first-order chi connectivity index (χ1) is 4.81. The minimum Gasteiger partial charge on any atom is -0.382 e. The molecule has 0 aromatic carbocycles. The molecular formula is C6H16OS3. The van der Waals surface area contributed by atoms with E-state index in [-0.39, 0.29) is 5.44 Å². The van der Waals surface area contributed by atoms with E-state index in [0.717, 1.165) is 12.2 Å². The van der Waals surface area contributed by atoms with Crippen molar-refractivity contribution in [3.8, 4) is 0 Å². The van der Waals surface area contributed by atoms with E-state index in [1.54, 1.807) is 18.0 Å². The van der Waals surface area contributed by atoms with Gasteiger partial charge in [-0.3, -0.25) is 0 Å².